The first-order valence-corrected chi connectivity index (χ1v) is 11.1. The highest BCUT2D eigenvalue weighted by atomic mass is 32.2. The van der Waals surface area contributed by atoms with Crippen molar-refractivity contribution in [2.75, 3.05) is 5.32 Å². The number of aromatic nitrogens is 1. The zero-order valence-electron chi connectivity index (χ0n) is 15.5. The first-order valence-electron chi connectivity index (χ1n) is 8.61. The number of hydrogen-bond acceptors (Lipinski definition) is 6. The number of benzene rings is 2. The first-order chi connectivity index (χ1) is 13.8. The third-order valence-corrected chi connectivity index (χ3v) is 5.58. The van der Waals surface area contributed by atoms with Crippen molar-refractivity contribution in [1.82, 2.24) is 10.3 Å². The van der Waals surface area contributed by atoms with Crippen molar-refractivity contribution in [1.29, 1.82) is 0 Å². The summed E-state index contributed by atoms with van der Waals surface area (Å²) in [5.74, 6) is 0.613. The Morgan fingerprint density at radius 2 is 2.00 bits per heavy atom. The standard InChI is InChI=1S/C19H20N4O4S2/c1-13(14-5-7-18(8-6-14)29(20,25)26)22-19(24)23-15-3-2-4-17(9-15)27-10-16-11-28-12-21-16/h2-9,11-13H,10H2,1H3,(H2,20,25,26)(H2,22,23,24). The summed E-state index contributed by atoms with van der Waals surface area (Å²) >= 11 is 1.50. The molecule has 0 aliphatic carbocycles. The SMILES string of the molecule is CC(NC(=O)Nc1cccc(OCc2cscn2)c1)c1ccc(S(N)(=O)=O)cc1. The number of sulfonamides is 1. The second kappa shape index (κ2) is 9.03. The molecular weight excluding hydrogens is 412 g/mol. The Morgan fingerprint density at radius 3 is 2.66 bits per heavy atom. The zero-order valence-corrected chi connectivity index (χ0v) is 17.2. The molecule has 0 spiro atoms. The maximum absolute atomic E-state index is 12.3. The molecule has 152 valence electrons. The van der Waals surface area contributed by atoms with Gasteiger partial charge in [-0.05, 0) is 36.8 Å². The predicted molar refractivity (Wildman–Crippen MR) is 111 cm³/mol. The van der Waals surface area contributed by atoms with Crippen LogP contribution in [0.4, 0.5) is 10.5 Å². The topological polar surface area (TPSA) is 123 Å². The van der Waals surface area contributed by atoms with E-state index in [0.717, 1.165) is 11.3 Å². The minimum atomic E-state index is -3.75. The van der Waals surface area contributed by atoms with Crippen molar-refractivity contribution >= 4 is 33.1 Å². The van der Waals surface area contributed by atoms with E-state index in [4.69, 9.17) is 9.88 Å². The van der Waals surface area contributed by atoms with E-state index in [9.17, 15) is 13.2 Å². The second-order valence-electron chi connectivity index (χ2n) is 6.23. The van der Waals surface area contributed by atoms with Crippen LogP contribution in [-0.2, 0) is 16.6 Å². The molecular formula is C19H20N4O4S2. The van der Waals surface area contributed by atoms with Gasteiger partial charge in [-0.15, -0.1) is 11.3 Å². The lowest BCUT2D eigenvalue weighted by Crippen LogP contribution is -2.31. The van der Waals surface area contributed by atoms with Crippen molar-refractivity contribution in [3.05, 3.63) is 70.7 Å². The van der Waals surface area contributed by atoms with Gasteiger partial charge in [0.2, 0.25) is 10.0 Å². The summed E-state index contributed by atoms with van der Waals surface area (Å²) in [6.07, 6.45) is 0. The maximum Gasteiger partial charge on any atom is 0.319 e. The van der Waals surface area contributed by atoms with E-state index in [-0.39, 0.29) is 10.9 Å². The van der Waals surface area contributed by atoms with E-state index in [2.05, 4.69) is 15.6 Å². The molecule has 0 radical (unpaired) electrons. The quantitative estimate of drug-likeness (QED) is 0.529. The normalized spacial score (nSPS) is 12.2. The number of nitrogens with one attached hydrogen (secondary N) is 2. The Hall–Kier alpha value is -2.95. The average Bonchev–Trinajstić information content (AvgIpc) is 3.19. The van der Waals surface area contributed by atoms with Gasteiger partial charge in [0.05, 0.1) is 22.1 Å². The summed E-state index contributed by atoms with van der Waals surface area (Å²) in [7, 11) is -3.75. The van der Waals surface area contributed by atoms with E-state index in [0.29, 0.717) is 18.0 Å². The molecule has 8 nitrogen and oxygen atoms in total. The molecule has 0 saturated carbocycles. The fraction of sp³-hybridized carbons (Fsp3) is 0.158. The summed E-state index contributed by atoms with van der Waals surface area (Å²) in [5.41, 5.74) is 3.90. The fourth-order valence-electron chi connectivity index (χ4n) is 2.52. The van der Waals surface area contributed by atoms with Gasteiger partial charge in [-0.3, -0.25) is 0 Å². The number of amides is 2. The number of anilines is 1. The number of ether oxygens (including phenoxy) is 1. The molecule has 3 rings (SSSR count). The monoisotopic (exact) mass is 432 g/mol. The zero-order chi connectivity index (χ0) is 20.9. The van der Waals surface area contributed by atoms with Crippen LogP contribution in [0.5, 0.6) is 5.75 Å². The van der Waals surface area contributed by atoms with Gasteiger partial charge in [-0.1, -0.05) is 18.2 Å². The Kier molecular flexibility index (Phi) is 6.47. The van der Waals surface area contributed by atoms with Gasteiger partial charge in [0.15, 0.2) is 0 Å². The highest BCUT2D eigenvalue weighted by Crippen LogP contribution is 2.20. The molecule has 10 heteroatoms. The number of nitrogens with zero attached hydrogens (tertiary/aromatic N) is 1. The van der Waals surface area contributed by atoms with Gasteiger partial charge in [0, 0.05) is 17.1 Å². The van der Waals surface area contributed by atoms with E-state index in [1.54, 1.807) is 48.8 Å². The minimum absolute atomic E-state index is 0.0207. The van der Waals surface area contributed by atoms with Crippen molar-refractivity contribution in [2.45, 2.75) is 24.5 Å². The van der Waals surface area contributed by atoms with Gasteiger partial charge in [0.1, 0.15) is 12.4 Å². The van der Waals surface area contributed by atoms with E-state index < -0.39 is 16.1 Å². The molecule has 0 bridgehead atoms. The predicted octanol–water partition coefficient (Wildman–Crippen LogP) is 3.25. The molecule has 0 aliphatic heterocycles. The fourth-order valence-corrected chi connectivity index (χ4v) is 3.58. The lowest BCUT2D eigenvalue weighted by Gasteiger charge is -2.16. The van der Waals surface area contributed by atoms with Gasteiger partial charge < -0.3 is 15.4 Å². The lowest BCUT2D eigenvalue weighted by molar-refractivity contribution is 0.249. The molecule has 3 aromatic rings. The summed E-state index contributed by atoms with van der Waals surface area (Å²) < 4.78 is 28.3. The summed E-state index contributed by atoms with van der Waals surface area (Å²) in [4.78, 5) is 16.5. The molecule has 1 atom stereocenters. The number of urea groups is 1. The van der Waals surface area contributed by atoms with Crippen LogP contribution in [0.25, 0.3) is 0 Å². The molecule has 2 amide bonds. The van der Waals surface area contributed by atoms with Gasteiger partial charge >= 0.3 is 6.03 Å². The summed E-state index contributed by atoms with van der Waals surface area (Å²) in [6, 6.07) is 12.3. The van der Waals surface area contributed by atoms with E-state index in [1.165, 1.54) is 23.5 Å². The Morgan fingerprint density at radius 1 is 1.24 bits per heavy atom. The van der Waals surface area contributed by atoms with Gasteiger partial charge in [-0.2, -0.15) is 0 Å². The molecule has 1 unspecified atom stereocenters. The highest BCUT2D eigenvalue weighted by Gasteiger charge is 2.12. The molecule has 29 heavy (non-hydrogen) atoms. The second-order valence-corrected chi connectivity index (χ2v) is 8.51. The molecule has 2 aromatic carbocycles. The Labute approximate surface area is 172 Å². The third-order valence-electron chi connectivity index (χ3n) is 4.02. The van der Waals surface area contributed by atoms with Gasteiger partial charge in [-0.25, -0.2) is 23.3 Å². The molecule has 0 saturated heterocycles. The number of primary sulfonamides is 1. The summed E-state index contributed by atoms with van der Waals surface area (Å²) in [5, 5.41) is 12.5. The van der Waals surface area contributed by atoms with Crippen molar-refractivity contribution in [2.24, 2.45) is 5.14 Å². The van der Waals surface area contributed by atoms with Crippen LogP contribution in [0.2, 0.25) is 0 Å². The number of hydrogen-bond donors (Lipinski definition) is 3. The van der Waals surface area contributed by atoms with Crippen LogP contribution >= 0.6 is 11.3 Å². The van der Waals surface area contributed by atoms with Crippen molar-refractivity contribution in [3.8, 4) is 5.75 Å². The largest absolute Gasteiger partial charge is 0.487 e. The minimum Gasteiger partial charge on any atom is -0.487 e. The number of thiazole rings is 1. The lowest BCUT2D eigenvalue weighted by atomic mass is 10.1. The number of carbonyl (C=O) groups excluding carboxylic acids is 1. The van der Waals surface area contributed by atoms with Gasteiger partial charge in [0.25, 0.3) is 0 Å². The van der Waals surface area contributed by atoms with Crippen molar-refractivity contribution < 1.29 is 17.9 Å². The third kappa shape index (κ3) is 6.01. The van der Waals surface area contributed by atoms with Crippen LogP contribution in [-0.4, -0.2) is 19.4 Å². The first kappa shape index (κ1) is 20.8. The van der Waals surface area contributed by atoms with E-state index in [1.807, 2.05) is 5.38 Å². The molecule has 1 aromatic heterocycles. The highest BCUT2D eigenvalue weighted by molar-refractivity contribution is 7.89. The Balaban J connectivity index is 1.56. The van der Waals surface area contributed by atoms with Crippen LogP contribution < -0.4 is 20.5 Å². The molecule has 0 fully saturated rings. The van der Waals surface area contributed by atoms with E-state index >= 15 is 0 Å². The number of carbonyl (C=O) groups is 1. The van der Waals surface area contributed by atoms with Crippen LogP contribution in [0.3, 0.4) is 0 Å². The molecule has 4 N–H and O–H groups in total. The molecule has 0 aliphatic rings. The number of rotatable bonds is 7. The smallest absolute Gasteiger partial charge is 0.319 e. The van der Waals surface area contributed by atoms with Crippen LogP contribution in [0.15, 0.2) is 64.3 Å². The number of nitrogens with two attached hydrogens (primary N) is 1. The maximum atomic E-state index is 12.3. The van der Waals surface area contributed by atoms with Crippen molar-refractivity contribution in [3.63, 3.8) is 0 Å². The van der Waals surface area contributed by atoms with Crippen LogP contribution in [0.1, 0.15) is 24.2 Å². The Bertz CT molecular complexity index is 1070. The molecule has 1 heterocycles. The average molecular weight is 433 g/mol. The summed E-state index contributed by atoms with van der Waals surface area (Å²) in [6.45, 7) is 2.14. The van der Waals surface area contributed by atoms with Crippen LogP contribution in [0, 0.1) is 0 Å².